The minimum Gasteiger partial charge on any atom is -0.370 e. The summed E-state index contributed by atoms with van der Waals surface area (Å²) in [4.78, 5) is 15.1. The molecule has 2 aromatic heterocycles. The third-order valence-corrected chi connectivity index (χ3v) is 3.65. The highest BCUT2D eigenvalue weighted by atomic mass is 16.1. The Kier molecular flexibility index (Phi) is 4.90. The van der Waals surface area contributed by atoms with Crippen LogP contribution >= 0.6 is 0 Å². The first kappa shape index (κ1) is 15.4. The molecule has 0 fully saturated rings. The maximum Gasteiger partial charge on any atom is 0.217 e. The standard InChI is InChI=1S/C15H23N5O/c1-10-8-15-18-9-13(12(3)20(15)19-10)11(2)17-7-5-4-6-14(16)21/h8-9,11,17H,4-7H2,1-3H3,(H2,16,21). The van der Waals surface area contributed by atoms with Gasteiger partial charge in [-0.1, -0.05) is 0 Å². The van der Waals surface area contributed by atoms with Crippen LogP contribution in [0.15, 0.2) is 12.3 Å². The molecule has 2 rings (SSSR count). The maximum absolute atomic E-state index is 10.7. The average Bonchev–Trinajstić information content (AvgIpc) is 2.79. The van der Waals surface area contributed by atoms with Gasteiger partial charge in [0.25, 0.3) is 0 Å². The second-order valence-electron chi connectivity index (χ2n) is 5.45. The second-order valence-corrected chi connectivity index (χ2v) is 5.45. The molecule has 3 N–H and O–H groups in total. The van der Waals surface area contributed by atoms with Crippen molar-refractivity contribution in [2.45, 2.75) is 46.1 Å². The highest BCUT2D eigenvalue weighted by Gasteiger charge is 2.12. The van der Waals surface area contributed by atoms with E-state index in [4.69, 9.17) is 5.73 Å². The van der Waals surface area contributed by atoms with Gasteiger partial charge in [-0.3, -0.25) is 4.79 Å². The molecule has 0 bridgehead atoms. The Labute approximate surface area is 124 Å². The number of nitrogens with one attached hydrogen (secondary N) is 1. The van der Waals surface area contributed by atoms with Gasteiger partial charge in [0.1, 0.15) is 0 Å². The number of unbranched alkanes of at least 4 members (excludes halogenated alkanes) is 1. The molecular weight excluding hydrogens is 266 g/mol. The Morgan fingerprint density at radius 3 is 2.90 bits per heavy atom. The second kappa shape index (κ2) is 6.67. The Hall–Kier alpha value is -1.95. The van der Waals surface area contributed by atoms with Gasteiger partial charge < -0.3 is 11.1 Å². The molecule has 2 aromatic rings. The van der Waals surface area contributed by atoms with Crippen LogP contribution in [0.3, 0.4) is 0 Å². The summed E-state index contributed by atoms with van der Waals surface area (Å²) in [5.74, 6) is -0.234. The molecule has 0 saturated heterocycles. The molecule has 0 aliphatic heterocycles. The lowest BCUT2D eigenvalue weighted by Gasteiger charge is -2.16. The van der Waals surface area contributed by atoms with Gasteiger partial charge in [0.15, 0.2) is 5.65 Å². The van der Waals surface area contributed by atoms with Crippen LogP contribution in [0.25, 0.3) is 5.65 Å². The van der Waals surface area contributed by atoms with Crippen LogP contribution in [0.4, 0.5) is 0 Å². The minimum absolute atomic E-state index is 0.194. The van der Waals surface area contributed by atoms with Crippen LogP contribution in [-0.4, -0.2) is 27.0 Å². The van der Waals surface area contributed by atoms with E-state index in [1.54, 1.807) is 0 Å². The number of rotatable bonds is 7. The highest BCUT2D eigenvalue weighted by molar-refractivity contribution is 5.73. The molecule has 0 saturated carbocycles. The predicted octanol–water partition coefficient (Wildman–Crippen LogP) is 1.65. The molecule has 1 unspecified atom stereocenters. The van der Waals surface area contributed by atoms with Crippen molar-refractivity contribution in [3.63, 3.8) is 0 Å². The van der Waals surface area contributed by atoms with Crippen LogP contribution in [0, 0.1) is 13.8 Å². The lowest BCUT2D eigenvalue weighted by molar-refractivity contribution is -0.118. The van der Waals surface area contributed by atoms with Crippen molar-refractivity contribution in [2.75, 3.05) is 6.54 Å². The highest BCUT2D eigenvalue weighted by Crippen LogP contribution is 2.18. The smallest absolute Gasteiger partial charge is 0.217 e. The number of hydrogen-bond donors (Lipinski definition) is 2. The molecule has 0 aromatic carbocycles. The first-order valence-corrected chi connectivity index (χ1v) is 7.32. The summed E-state index contributed by atoms with van der Waals surface area (Å²) in [5.41, 5.74) is 9.21. The van der Waals surface area contributed by atoms with Crippen molar-refractivity contribution in [3.05, 3.63) is 29.2 Å². The van der Waals surface area contributed by atoms with Gasteiger partial charge in [-0.2, -0.15) is 5.10 Å². The number of fused-ring (bicyclic) bond motifs is 1. The third-order valence-electron chi connectivity index (χ3n) is 3.65. The van der Waals surface area contributed by atoms with Crippen LogP contribution < -0.4 is 11.1 Å². The molecule has 1 atom stereocenters. The normalized spacial score (nSPS) is 12.7. The van der Waals surface area contributed by atoms with Gasteiger partial charge in [0.2, 0.25) is 5.91 Å². The van der Waals surface area contributed by atoms with E-state index in [2.05, 4.69) is 29.2 Å². The molecule has 6 nitrogen and oxygen atoms in total. The van der Waals surface area contributed by atoms with E-state index in [0.717, 1.165) is 42.0 Å². The van der Waals surface area contributed by atoms with E-state index < -0.39 is 0 Å². The first-order chi connectivity index (χ1) is 9.99. The van der Waals surface area contributed by atoms with E-state index in [9.17, 15) is 4.79 Å². The van der Waals surface area contributed by atoms with E-state index in [0.29, 0.717) is 6.42 Å². The number of carbonyl (C=O) groups is 1. The van der Waals surface area contributed by atoms with E-state index in [1.165, 1.54) is 0 Å². The van der Waals surface area contributed by atoms with Gasteiger partial charge in [0, 0.05) is 36.0 Å². The van der Waals surface area contributed by atoms with Gasteiger partial charge >= 0.3 is 0 Å². The Morgan fingerprint density at radius 2 is 2.19 bits per heavy atom. The van der Waals surface area contributed by atoms with Gasteiger partial charge in [-0.15, -0.1) is 0 Å². The molecule has 6 heteroatoms. The summed E-state index contributed by atoms with van der Waals surface area (Å²) in [6.07, 6.45) is 4.12. The molecule has 0 aliphatic rings. The SMILES string of the molecule is Cc1cc2ncc(C(C)NCCCCC(N)=O)c(C)n2n1. The number of nitrogens with zero attached hydrogens (tertiary/aromatic N) is 3. The summed E-state index contributed by atoms with van der Waals surface area (Å²) in [7, 11) is 0. The van der Waals surface area contributed by atoms with Crippen molar-refractivity contribution < 1.29 is 4.79 Å². The Bertz CT molecular complexity index is 634. The number of aromatic nitrogens is 3. The lowest BCUT2D eigenvalue weighted by atomic mass is 10.1. The molecule has 0 radical (unpaired) electrons. The summed E-state index contributed by atoms with van der Waals surface area (Å²) in [5, 5.41) is 7.91. The van der Waals surface area contributed by atoms with Crippen molar-refractivity contribution in [3.8, 4) is 0 Å². The van der Waals surface area contributed by atoms with Crippen LogP contribution in [0.2, 0.25) is 0 Å². The summed E-state index contributed by atoms with van der Waals surface area (Å²) < 4.78 is 1.88. The van der Waals surface area contributed by atoms with Crippen molar-refractivity contribution in [2.24, 2.45) is 5.73 Å². The number of nitrogens with two attached hydrogens (primary N) is 1. The zero-order chi connectivity index (χ0) is 15.4. The maximum atomic E-state index is 10.7. The van der Waals surface area contributed by atoms with Crippen molar-refractivity contribution in [1.29, 1.82) is 0 Å². The van der Waals surface area contributed by atoms with Crippen LogP contribution in [0.1, 0.15) is 49.2 Å². The van der Waals surface area contributed by atoms with Crippen molar-refractivity contribution in [1.82, 2.24) is 19.9 Å². The molecule has 0 spiro atoms. The molecule has 2 heterocycles. The van der Waals surface area contributed by atoms with Crippen LogP contribution in [0.5, 0.6) is 0 Å². The molecule has 0 aliphatic carbocycles. The fourth-order valence-electron chi connectivity index (χ4n) is 2.45. The first-order valence-electron chi connectivity index (χ1n) is 7.32. The fourth-order valence-corrected chi connectivity index (χ4v) is 2.45. The van der Waals surface area contributed by atoms with E-state index in [-0.39, 0.29) is 11.9 Å². The van der Waals surface area contributed by atoms with Gasteiger partial charge in [0.05, 0.1) is 5.69 Å². The zero-order valence-electron chi connectivity index (χ0n) is 12.9. The summed E-state index contributed by atoms with van der Waals surface area (Å²) >= 11 is 0. The third kappa shape index (κ3) is 3.78. The van der Waals surface area contributed by atoms with Gasteiger partial charge in [-0.05, 0) is 40.2 Å². The number of aryl methyl sites for hydroxylation is 2. The Morgan fingerprint density at radius 1 is 1.43 bits per heavy atom. The predicted molar refractivity (Wildman–Crippen MR) is 81.9 cm³/mol. The monoisotopic (exact) mass is 289 g/mol. The largest absolute Gasteiger partial charge is 0.370 e. The van der Waals surface area contributed by atoms with E-state index in [1.807, 2.05) is 23.7 Å². The molecular formula is C15H23N5O. The number of amides is 1. The number of carbonyl (C=O) groups excluding carboxylic acids is 1. The van der Waals surface area contributed by atoms with Crippen LogP contribution in [-0.2, 0) is 4.79 Å². The number of primary amides is 1. The van der Waals surface area contributed by atoms with Gasteiger partial charge in [-0.25, -0.2) is 9.50 Å². The lowest BCUT2D eigenvalue weighted by Crippen LogP contribution is -2.22. The number of hydrogen-bond acceptors (Lipinski definition) is 4. The Balaban J connectivity index is 1.97. The zero-order valence-corrected chi connectivity index (χ0v) is 12.9. The molecule has 114 valence electrons. The summed E-state index contributed by atoms with van der Waals surface area (Å²) in [6, 6.07) is 2.17. The average molecular weight is 289 g/mol. The molecule has 21 heavy (non-hydrogen) atoms. The van der Waals surface area contributed by atoms with E-state index >= 15 is 0 Å². The van der Waals surface area contributed by atoms with Crippen molar-refractivity contribution >= 4 is 11.6 Å². The fraction of sp³-hybridized carbons (Fsp3) is 0.533. The topological polar surface area (TPSA) is 85.3 Å². The molecule has 1 amide bonds. The quantitative estimate of drug-likeness (QED) is 0.759. The minimum atomic E-state index is -0.234. The summed E-state index contributed by atoms with van der Waals surface area (Å²) in [6.45, 7) is 6.99.